The number of rotatable bonds is 0. The SMILES string of the molecule is O=C1N=c2cc3c(cc2OC1=O)=NC(=O)C(=O)O3. The van der Waals surface area contributed by atoms with Gasteiger partial charge >= 0.3 is 23.8 Å². The van der Waals surface area contributed by atoms with Gasteiger partial charge in [0.25, 0.3) is 0 Å². The van der Waals surface area contributed by atoms with E-state index in [0.717, 1.165) is 0 Å². The third-order valence-electron chi connectivity index (χ3n) is 2.24. The Morgan fingerprint density at radius 2 is 1.11 bits per heavy atom. The molecule has 0 unspecified atom stereocenters. The van der Waals surface area contributed by atoms with Crippen LogP contribution in [0.2, 0.25) is 0 Å². The highest BCUT2D eigenvalue weighted by atomic mass is 16.6. The van der Waals surface area contributed by atoms with Gasteiger partial charge < -0.3 is 9.47 Å². The van der Waals surface area contributed by atoms with Gasteiger partial charge in [-0.05, 0) is 0 Å². The van der Waals surface area contributed by atoms with Crippen molar-refractivity contribution in [1.29, 1.82) is 0 Å². The van der Waals surface area contributed by atoms with Crippen molar-refractivity contribution in [2.45, 2.75) is 0 Å². The van der Waals surface area contributed by atoms with Crippen LogP contribution in [0.25, 0.3) is 0 Å². The van der Waals surface area contributed by atoms with E-state index < -0.39 is 23.8 Å². The first kappa shape index (κ1) is 10.3. The number of nitrogens with zero attached hydrogens (tertiary/aromatic N) is 2. The normalized spacial score (nSPS) is 16.9. The largest absolute Gasteiger partial charge is 0.417 e. The molecule has 0 saturated carbocycles. The van der Waals surface area contributed by atoms with Crippen molar-refractivity contribution < 1.29 is 28.7 Å². The number of esters is 2. The fourth-order valence-corrected chi connectivity index (χ4v) is 1.47. The van der Waals surface area contributed by atoms with Crippen molar-refractivity contribution >= 4 is 23.8 Å². The van der Waals surface area contributed by atoms with Crippen molar-refractivity contribution in [2.24, 2.45) is 9.98 Å². The van der Waals surface area contributed by atoms with Crippen LogP contribution in [0, 0.1) is 0 Å². The maximum Gasteiger partial charge on any atom is 0.404 e. The van der Waals surface area contributed by atoms with Crippen molar-refractivity contribution in [3.63, 3.8) is 0 Å². The maximum atomic E-state index is 11.0. The Hall–Kier alpha value is -2.90. The van der Waals surface area contributed by atoms with E-state index in [0.29, 0.717) is 0 Å². The van der Waals surface area contributed by atoms with Gasteiger partial charge in [0.1, 0.15) is 10.7 Å². The van der Waals surface area contributed by atoms with Gasteiger partial charge in [0.05, 0.1) is 0 Å². The lowest BCUT2D eigenvalue weighted by Crippen LogP contribution is -2.34. The summed E-state index contributed by atoms with van der Waals surface area (Å²) in [5, 5.41) is 0.0754. The van der Waals surface area contributed by atoms with Gasteiger partial charge in [0.2, 0.25) is 0 Å². The van der Waals surface area contributed by atoms with Gasteiger partial charge in [-0.2, -0.15) is 9.98 Å². The van der Waals surface area contributed by atoms with E-state index in [-0.39, 0.29) is 22.2 Å². The second-order valence-corrected chi connectivity index (χ2v) is 3.40. The van der Waals surface area contributed by atoms with Crippen LogP contribution in [0.3, 0.4) is 0 Å². The number of benzene rings is 1. The van der Waals surface area contributed by atoms with E-state index in [1.165, 1.54) is 12.1 Å². The van der Waals surface area contributed by atoms with Crippen molar-refractivity contribution in [3.8, 4) is 11.5 Å². The van der Waals surface area contributed by atoms with Crippen LogP contribution in [-0.2, 0) is 19.2 Å². The topological polar surface area (TPSA) is 111 Å². The molecule has 0 saturated heterocycles. The highest BCUT2D eigenvalue weighted by Crippen LogP contribution is 2.12. The predicted molar refractivity (Wildman–Crippen MR) is 50.0 cm³/mol. The van der Waals surface area contributed by atoms with E-state index in [4.69, 9.17) is 0 Å². The molecule has 0 fully saturated rings. The lowest BCUT2D eigenvalue weighted by atomic mass is 10.2. The van der Waals surface area contributed by atoms with Crippen molar-refractivity contribution in [3.05, 3.63) is 22.8 Å². The number of hydrogen-bond acceptors (Lipinski definition) is 6. The zero-order valence-corrected chi connectivity index (χ0v) is 8.50. The van der Waals surface area contributed by atoms with Crippen molar-refractivity contribution in [2.75, 3.05) is 0 Å². The summed E-state index contributed by atoms with van der Waals surface area (Å²) in [5.41, 5.74) is 0. The van der Waals surface area contributed by atoms with Crippen LogP contribution >= 0.6 is 0 Å². The fourth-order valence-electron chi connectivity index (χ4n) is 1.47. The second-order valence-electron chi connectivity index (χ2n) is 3.40. The number of fused-ring (bicyclic) bond motifs is 2. The first-order valence-corrected chi connectivity index (χ1v) is 4.68. The molecule has 8 heteroatoms. The molecule has 88 valence electrons. The third-order valence-corrected chi connectivity index (χ3v) is 2.24. The minimum absolute atomic E-state index is 0.0205. The zero-order chi connectivity index (χ0) is 12.9. The smallest absolute Gasteiger partial charge is 0.404 e. The molecule has 2 amide bonds. The molecule has 0 aliphatic carbocycles. The Morgan fingerprint density at radius 1 is 0.722 bits per heavy atom. The van der Waals surface area contributed by atoms with E-state index in [1.54, 1.807) is 0 Å². The third kappa shape index (κ3) is 1.39. The van der Waals surface area contributed by atoms with Gasteiger partial charge in [-0.3, -0.25) is 9.59 Å². The van der Waals surface area contributed by atoms with Crippen LogP contribution in [0.1, 0.15) is 0 Å². The molecule has 0 radical (unpaired) electrons. The molecule has 1 aromatic rings. The molecule has 0 bridgehead atoms. The maximum absolute atomic E-state index is 11.0. The Labute approximate surface area is 97.5 Å². The van der Waals surface area contributed by atoms with Gasteiger partial charge in [-0.15, -0.1) is 0 Å². The van der Waals surface area contributed by atoms with Crippen molar-refractivity contribution in [1.82, 2.24) is 0 Å². The highest BCUT2D eigenvalue weighted by molar-refractivity contribution is 6.34. The lowest BCUT2D eigenvalue weighted by Gasteiger charge is -2.11. The fraction of sp³-hybridized carbons (Fsp3) is 0. The Kier molecular flexibility index (Phi) is 1.88. The van der Waals surface area contributed by atoms with Crippen LogP contribution in [0.15, 0.2) is 22.1 Å². The molecule has 18 heavy (non-hydrogen) atoms. The number of hydrogen-bond donors (Lipinski definition) is 0. The molecule has 2 heterocycles. The zero-order valence-electron chi connectivity index (χ0n) is 8.50. The van der Waals surface area contributed by atoms with Crippen LogP contribution in [0.5, 0.6) is 11.5 Å². The molecule has 0 N–H and O–H groups in total. The summed E-state index contributed by atoms with van der Waals surface area (Å²) in [6.07, 6.45) is 0. The first-order valence-electron chi connectivity index (χ1n) is 4.68. The van der Waals surface area contributed by atoms with Gasteiger partial charge in [-0.25, -0.2) is 9.59 Å². The molecule has 3 rings (SSSR count). The monoisotopic (exact) mass is 246 g/mol. The second kappa shape index (κ2) is 3.29. The molecule has 0 atom stereocenters. The molecule has 2 aliphatic rings. The number of ether oxygens (including phenoxy) is 2. The van der Waals surface area contributed by atoms with E-state index in [2.05, 4.69) is 19.5 Å². The highest BCUT2D eigenvalue weighted by Gasteiger charge is 2.26. The average Bonchev–Trinajstić information content (AvgIpc) is 2.31. The molecule has 2 aliphatic heterocycles. The van der Waals surface area contributed by atoms with Crippen LogP contribution in [0.4, 0.5) is 0 Å². The summed E-state index contributed by atoms with van der Waals surface area (Å²) < 4.78 is 9.36. The molecular weight excluding hydrogens is 244 g/mol. The van der Waals surface area contributed by atoms with Crippen LogP contribution < -0.4 is 20.2 Å². The summed E-state index contributed by atoms with van der Waals surface area (Å²) in [6.45, 7) is 0. The van der Waals surface area contributed by atoms with E-state index >= 15 is 0 Å². The quantitative estimate of drug-likeness (QED) is 0.292. The van der Waals surface area contributed by atoms with E-state index in [1.807, 2.05) is 0 Å². The van der Waals surface area contributed by atoms with Gasteiger partial charge in [0.15, 0.2) is 11.5 Å². The minimum Gasteiger partial charge on any atom is -0.417 e. The lowest BCUT2D eigenvalue weighted by molar-refractivity contribution is -0.147. The Morgan fingerprint density at radius 3 is 1.50 bits per heavy atom. The summed E-state index contributed by atoms with van der Waals surface area (Å²) in [4.78, 5) is 50.9. The molecule has 8 nitrogen and oxygen atoms in total. The minimum atomic E-state index is -1.12. The average molecular weight is 246 g/mol. The molecule has 1 aromatic carbocycles. The predicted octanol–water partition coefficient (Wildman–Crippen LogP) is -2.18. The Balaban J connectivity index is 2.29. The number of amides is 2. The molecular formula is C10H2N2O6. The molecule has 0 spiro atoms. The number of carbonyl (C=O) groups is 4. The first-order chi connectivity index (χ1) is 8.54. The summed E-state index contributed by atoms with van der Waals surface area (Å²) in [5.74, 6) is -4.40. The summed E-state index contributed by atoms with van der Waals surface area (Å²) in [7, 11) is 0. The number of carbonyl (C=O) groups excluding carboxylic acids is 4. The van der Waals surface area contributed by atoms with Crippen LogP contribution in [-0.4, -0.2) is 23.8 Å². The molecule has 0 aromatic heterocycles. The summed E-state index contributed by atoms with van der Waals surface area (Å²) in [6, 6.07) is 2.39. The Bertz CT molecular complexity index is 698. The van der Waals surface area contributed by atoms with E-state index in [9.17, 15) is 19.2 Å². The standard InChI is InChI=1S/C10H2N2O6/c13-7-10(16)18-6-2-4-5(1-3(6)11-7)17-9(15)8(14)12-4/h1-2H. The van der Waals surface area contributed by atoms with Gasteiger partial charge in [-0.1, -0.05) is 0 Å². The van der Waals surface area contributed by atoms with Gasteiger partial charge in [0, 0.05) is 12.1 Å². The summed E-state index contributed by atoms with van der Waals surface area (Å²) >= 11 is 0.